The first kappa shape index (κ1) is 18.5. The SMILES string of the molecule is C[C@@H](OC(=O)CN1C(=O)NC2(CCCC2)C1=O)C(=O)N1CCc2ccccc21. The van der Waals surface area contributed by atoms with Crippen LogP contribution < -0.4 is 10.2 Å². The van der Waals surface area contributed by atoms with Gasteiger partial charge in [-0.2, -0.15) is 0 Å². The summed E-state index contributed by atoms with van der Waals surface area (Å²) in [6.07, 6.45) is 2.67. The summed E-state index contributed by atoms with van der Waals surface area (Å²) in [6.45, 7) is 1.56. The third-order valence-electron chi connectivity index (χ3n) is 5.80. The van der Waals surface area contributed by atoms with Crippen LogP contribution in [-0.2, 0) is 25.5 Å². The van der Waals surface area contributed by atoms with Gasteiger partial charge >= 0.3 is 12.0 Å². The van der Waals surface area contributed by atoms with Gasteiger partial charge in [0.1, 0.15) is 12.1 Å². The number of benzene rings is 1. The van der Waals surface area contributed by atoms with Crippen molar-refractivity contribution in [3.63, 3.8) is 0 Å². The van der Waals surface area contributed by atoms with Gasteiger partial charge < -0.3 is 15.0 Å². The Morgan fingerprint density at radius 2 is 1.93 bits per heavy atom. The van der Waals surface area contributed by atoms with E-state index in [1.807, 2.05) is 24.3 Å². The van der Waals surface area contributed by atoms with Crippen LogP contribution in [0.3, 0.4) is 0 Å². The molecule has 8 heteroatoms. The highest BCUT2D eigenvalue weighted by molar-refractivity contribution is 6.09. The van der Waals surface area contributed by atoms with Gasteiger partial charge in [-0.3, -0.25) is 19.3 Å². The second-order valence-electron chi connectivity index (χ2n) is 7.61. The molecule has 1 N–H and O–H groups in total. The van der Waals surface area contributed by atoms with Crippen LogP contribution in [0.1, 0.15) is 38.2 Å². The Bertz CT molecular complexity index is 846. The van der Waals surface area contributed by atoms with Gasteiger partial charge in [0.25, 0.3) is 11.8 Å². The van der Waals surface area contributed by atoms with Gasteiger partial charge in [0.15, 0.2) is 6.10 Å². The van der Waals surface area contributed by atoms with E-state index < -0.39 is 30.2 Å². The number of carbonyl (C=O) groups excluding carboxylic acids is 4. The summed E-state index contributed by atoms with van der Waals surface area (Å²) in [5.41, 5.74) is 1.04. The highest BCUT2D eigenvalue weighted by Crippen LogP contribution is 2.35. The van der Waals surface area contributed by atoms with Crippen LogP contribution >= 0.6 is 0 Å². The Morgan fingerprint density at radius 1 is 1.21 bits per heavy atom. The third-order valence-corrected chi connectivity index (χ3v) is 5.80. The number of carbonyl (C=O) groups is 4. The minimum absolute atomic E-state index is 0.317. The van der Waals surface area contributed by atoms with Crippen molar-refractivity contribution in [2.45, 2.75) is 50.7 Å². The first-order valence-electron chi connectivity index (χ1n) is 9.64. The largest absolute Gasteiger partial charge is 0.451 e. The summed E-state index contributed by atoms with van der Waals surface area (Å²) in [5, 5.41) is 2.72. The molecule has 1 saturated carbocycles. The van der Waals surface area contributed by atoms with Crippen LogP contribution in [0.15, 0.2) is 24.3 Å². The Hall–Kier alpha value is -2.90. The third kappa shape index (κ3) is 3.02. The van der Waals surface area contributed by atoms with Gasteiger partial charge in [0.05, 0.1) is 0 Å². The number of rotatable bonds is 4. The average Bonchev–Trinajstić information content (AvgIpc) is 3.37. The number of anilines is 1. The molecule has 4 amide bonds. The molecule has 4 rings (SSSR count). The van der Waals surface area contributed by atoms with Crippen LogP contribution in [0.25, 0.3) is 0 Å². The fourth-order valence-electron chi connectivity index (χ4n) is 4.34. The van der Waals surface area contributed by atoms with Crippen LogP contribution in [0.2, 0.25) is 0 Å². The van der Waals surface area contributed by atoms with Gasteiger partial charge in [-0.1, -0.05) is 31.0 Å². The number of hydrogen-bond donors (Lipinski definition) is 1. The molecule has 8 nitrogen and oxygen atoms in total. The number of ether oxygens (including phenoxy) is 1. The van der Waals surface area contributed by atoms with Crippen molar-refractivity contribution in [3.8, 4) is 0 Å². The van der Waals surface area contributed by atoms with E-state index in [1.54, 1.807) is 4.90 Å². The summed E-state index contributed by atoms with van der Waals surface area (Å²) < 4.78 is 5.25. The van der Waals surface area contributed by atoms with Gasteiger partial charge in [-0.05, 0) is 37.8 Å². The highest BCUT2D eigenvalue weighted by Gasteiger charge is 2.53. The molecule has 2 fully saturated rings. The van der Waals surface area contributed by atoms with E-state index in [2.05, 4.69) is 5.32 Å². The molecule has 1 aromatic carbocycles. The van der Waals surface area contributed by atoms with Gasteiger partial charge in [0, 0.05) is 12.2 Å². The number of para-hydroxylation sites is 1. The zero-order valence-electron chi connectivity index (χ0n) is 15.8. The minimum atomic E-state index is -1.00. The lowest BCUT2D eigenvalue weighted by Crippen LogP contribution is -2.45. The smallest absolute Gasteiger partial charge is 0.327 e. The van der Waals surface area contributed by atoms with Crippen LogP contribution in [0, 0.1) is 0 Å². The van der Waals surface area contributed by atoms with E-state index in [4.69, 9.17) is 4.74 Å². The number of fused-ring (bicyclic) bond motifs is 1. The quantitative estimate of drug-likeness (QED) is 0.624. The Kier molecular flexibility index (Phi) is 4.56. The molecule has 28 heavy (non-hydrogen) atoms. The minimum Gasteiger partial charge on any atom is -0.451 e. The molecule has 1 saturated heterocycles. The van der Waals surface area contributed by atoms with E-state index in [0.717, 1.165) is 35.4 Å². The summed E-state index contributed by atoms with van der Waals surface area (Å²) in [5.74, 6) is -1.46. The average molecular weight is 385 g/mol. The molecule has 0 bridgehead atoms. The zero-order valence-corrected chi connectivity index (χ0v) is 15.8. The fourth-order valence-corrected chi connectivity index (χ4v) is 4.34. The van der Waals surface area contributed by atoms with Crippen molar-refractivity contribution < 1.29 is 23.9 Å². The summed E-state index contributed by atoms with van der Waals surface area (Å²) >= 11 is 0. The number of amides is 4. The predicted molar refractivity (Wildman–Crippen MR) is 99.5 cm³/mol. The number of hydrogen-bond acceptors (Lipinski definition) is 5. The Labute approximate surface area is 162 Å². The molecule has 2 aliphatic heterocycles. The molecule has 1 atom stereocenters. The van der Waals surface area contributed by atoms with Crippen molar-refractivity contribution in [2.24, 2.45) is 0 Å². The number of nitrogens with one attached hydrogen (secondary N) is 1. The molecule has 0 aromatic heterocycles. The second-order valence-corrected chi connectivity index (χ2v) is 7.61. The number of esters is 1. The lowest BCUT2D eigenvalue weighted by molar-refractivity contribution is -0.155. The molecule has 2 heterocycles. The lowest BCUT2D eigenvalue weighted by atomic mass is 9.98. The van der Waals surface area contributed by atoms with E-state index in [9.17, 15) is 19.2 Å². The van der Waals surface area contributed by atoms with E-state index >= 15 is 0 Å². The van der Waals surface area contributed by atoms with Crippen LogP contribution in [0.4, 0.5) is 10.5 Å². The summed E-state index contributed by atoms with van der Waals surface area (Å²) in [6, 6.07) is 7.04. The van der Waals surface area contributed by atoms with Crippen molar-refractivity contribution in [1.29, 1.82) is 0 Å². The van der Waals surface area contributed by atoms with E-state index in [-0.39, 0.29) is 11.8 Å². The number of nitrogens with zero attached hydrogens (tertiary/aromatic N) is 2. The maximum absolute atomic E-state index is 12.7. The maximum Gasteiger partial charge on any atom is 0.327 e. The molecular formula is C20H23N3O5. The van der Waals surface area contributed by atoms with E-state index in [1.165, 1.54) is 6.92 Å². The van der Waals surface area contributed by atoms with E-state index in [0.29, 0.717) is 19.4 Å². The van der Waals surface area contributed by atoms with Crippen molar-refractivity contribution in [1.82, 2.24) is 10.2 Å². The highest BCUT2D eigenvalue weighted by atomic mass is 16.5. The topological polar surface area (TPSA) is 96.0 Å². The number of imide groups is 1. The monoisotopic (exact) mass is 385 g/mol. The maximum atomic E-state index is 12.7. The molecule has 3 aliphatic rings. The lowest BCUT2D eigenvalue weighted by Gasteiger charge is -2.23. The molecule has 148 valence electrons. The van der Waals surface area contributed by atoms with Crippen LogP contribution in [0.5, 0.6) is 0 Å². The van der Waals surface area contributed by atoms with Crippen molar-refractivity contribution >= 4 is 29.5 Å². The first-order valence-corrected chi connectivity index (χ1v) is 9.64. The molecule has 0 unspecified atom stereocenters. The van der Waals surface area contributed by atoms with Gasteiger partial charge in [-0.15, -0.1) is 0 Å². The van der Waals surface area contributed by atoms with Gasteiger partial charge in [0.2, 0.25) is 0 Å². The normalized spacial score (nSPS) is 21.0. The fraction of sp³-hybridized carbons (Fsp3) is 0.500. The van der Waals surface area contributed by atoms with Crippen molar-refractivity contribution in [3.05, 3.63) is 29.8 Å². The molecule has 0 radical (unpaired) electrons. The summed E-state index contributed by atoms with van der Waals surface area (Å²) in [4.78, 5) is 52.3. The summed E-state index contributed by atoms with van der Waals surface area (Å²) in [7, 11) is 0. The molecule has 1 aromatic rings. The van der Waals surface area contributed by atoms with Crippen LogP contribution in [-0.4, -0.2) is 53.4 Å². The Balaban J connectivity index is 1.37. The molecular weight excluding hydrogens is 362 g/mol. The Morgan fingerprint density at radius 3 is 2.68 bits per heavy atom. The molecule has 1 spiro atoms. The first-order chi connectivity index (χ1) is 13.4. The van der Waals surface area contributed by atoms with Gasteiger partial charge in [-0.25, -0.2) is 4.79 Å². The molecule has 1 aliphatic carbocycles. The number of urea groups is 1. The second kappa shape index (κ2) is 6.92. The predicted octanol–water partition coefficient (Wildman–Crippen LogP) is 1.37. The standard InChI is InChI=1S/C20H23N3O5/c1-13(17(25)22-11-8-14-6-2-3-7-15(14)22)28-16(24)12-23-18(26)20(21-19(23)27)9-4-5-10-20/h2-3,6-7,13H,4-5,8-12H2,1H3,(H,21,27)/t13-/m1/s1. The zero-order chi connectivity index (χ0) is 19.9. The van der Waals surface area contributed by atoms with Crippen molar-refractivity contribution in [2.75, 3.05) is 18.0 Å².